The third-order valence-electron chi connectivity index (χ3n) is 2.47. The zero-order valence-electron chi connectivity index (χ0n) is 9.31. The molecule has 0 N–H and O–H groups in total. The van der Waals surface area contributed by atoms with Gasteiger partial charge in [0.05, 0.1) is 12.3 Å². The minimum absolute atomic E-state index is 0. The lowest BCUT2D eigenvalue weighted by Gasteiger charge is -2.27. The van der Waals surface area contributed by atoms with Crippen LogP contribution in [-0.4, -0.2) is 12.5 Å². The first kappa shape index (κ1) is 13.0. The Bertz CT molecular complexity index is 368. The van der Waals surface area contributed by atoms with Crippen molar-refractivity contribution in [3.8, 4) is 0 Å². The molecule has 0 saturated carbocycles. The van der Waals surface area contributed by atoms with Crippen LogP contribution < -0.4 is 5.06 Å². The highest BCUT2D eigenvalue weighted by Crippen LogP contribution is 2.27. The van der Waals surface area contributed by atoms with Gasteiger partial charge in [0.25, 0.3) is 5.91 Å². The molecule has 1 heterocycles. The maximum Gasteiger partial charge on any atom is 0.251 e. The molecule has 0 spiro atoms. The van der Waals surface area contributed by atoms with Gasteiger partial charge in [-0.05, 0) is 24.5 Å². The number of carbonyl (C=O) groups excluding carboxylic acids is 1. The highest BCUT2D eigenvalue weighted by Gasteiger charge is 2.24. The van der Waals surface area contributed by atoms with Crippen LogP contribution in [0.5, 0.6) is 0 Å². The molecule has 1 aromatic rings. The fraction of sp³-hybridized carbons (Fsp3) is 0.417. The lowest BCUT2D eigenvalue weighted by molar-refractivity contribution is -0.126. The lowest BCUT2D eigenvalue weighted by atomic mass is 10.0. The minimum Gasteiger partial charge on any atom is -0.272 e. The van der Waals surface area contributed by atoms with Gasteiger partial charge in [-0.3, -0.25) is 9.63 Å². The van der Waals surface area contributed by atoms with Crippen LogP contribution in [-0.2, 0) is 16.1 Å². The van der Waals surface area contributed by atoms with Crippen molar-refractivity contribution >= 4 is 24.0 Å². The molecule has 1 aliphatic rings. The van der Waals surface area contributed by atoms with Crippen LogP contribution in [0.15, 0.2) is 24.3 Å². The van der Waals surface area contributed by atoms with Gasteiger partial charge in [0.15, 0.2) is 0 Å². The predicted molar refractivity (Wildman–Crippen MR) is 65.7 cm³/mol. The molecular weight excluding hydrogens is 226 g/mol. The van der Waals surface area contributed by atoms with Crippen molar-refractivity contribution < 1.29 is 9.63 Å². The fourth-order valence-electron chi connectivity index (χ4n) is 1.72. The Morgan fingerprint density at radius 3 is 2.81 bits per heavy atom. The smallest absolute Gasteiger partial charge is 0.251 e. The highest BCUT2D eigenvalue weighted by atomic mass is 35.5. The van der Waals surface area contributed by atoms with E-state index in [4.69, 9.17) is 4.84 Å². The number of hydrogen-bond acceptors (Lipinski definition) is 2. The van der Waals surface area contributed by atoms with Crippen molar-refractivity contribution in [3.05, 3.63) is 29.8 Å². The number of hydrogen-bond donors (Lipinski definition) is 0. The van der Waals surface area contributed by atoms with E-state index in [1.807, 2.05) is 31.2 Å². The van der Waals surface area contributed by atoms with E-state index >= 15 is 0 Å². The number of fused-ring (bicyclic) bond motifs is 1. The minimum atomic E-state index is 0. The van der Waals surface area contributed by atoms with Crippen molar-refractivity contribution in [1.29, 1.82) is 0 Å². The van der Waals surface area contributed by atoms with Crippen molar-refractivity contribution in [3.63, 3.8) is 0 Å². The van der Waals surface area contributed by atoms with Gasteiger partial charge in [0.2, 0.25) is 0 Å². The molecule has 1 aromatic carbocycles. The van der Waals surface area contributed by atoms with Crippen LogP contribution in [0.2, 0.25) is 0 Å². The summed E-state index contributed by atoms with van der Waals surface area (Å²) in [5, 5.41) is 1.45. The Morgan fingerprint density at radius 1 is 1.31 bits per heavy atom. The molecule has 1 amide bonds. The van der Waals surface area contributed by atoms with E-state index in [0.717, 1.165) is 18.5 Å². The van der Waals surface area contributed by atoms with Crippen LogP contribution in [0, 0.1) is 0 Å². The van der Waals surface area contributed by atoms with Crippen LogP contribution in [0.1, 0.15) is 25.3 Å². The van der Waals surface area contributed by atoms with Gasteiger partial charge in [-0.2, -0.15) is 5.06 Å². The van der Waals surface area contributed by atoms with Crippen LogP contribution in [0.25, 0.3) is 0 Å². The molecule has 0 aliphatic carbocycles. The zero-order chi connectivity index (χ0) is 10.7. The summed E-state index contributed by atoms with van der Waals surface area (Å²) in [7, 11) is 0. The summed E-state index contributed by atoms with van der Waals surface area (Å²) >= 11 is 0. The summed E-state index contributed by atoms with van der Waals surface area (Å²) in [6, 6.07) is 7.90. The van der Waals surface area contributed by atoms with Crippen molar-refractivity contribution in [2.24, 2.45) is 0 Å². The normalized spacial score (nSPS) is 14.3. The topological polar surface area (TPSA) is 29.5 Å². The van der Waals surface area contributed by atoms with Crippen molar-refractivity contribution in [2.45, 2.75) is 26.2 Å². The van der Waals surface area contributed by atoms with Gasteiger partial charge in [0.1, 0.15) is 0 Å². The van der Waals surface area contributed by atoms with E-state index in [1.165, 1.54) is 10.6 Å². The van der Waals surface area contributed by atoms with Gasteiger partial charge in [-0.25, -0.2) is 0 Å². The second kappa shape index (κ2) is 5.87. The maximum atomic E-state index is 11.7. The number of amides is 1. The lowest BCUT2D eigenvalue weighted by Crippen LogP contribution is -2.35. The molecular formula is C12H16ClNO2. The predicted octanol–water partition coefficient (Wildman–Crippen LogP) is 2.73. The van der Waals surface area contributed by atoms with E-state index in [9.17, 15) is 4.79 Å². The molecule has 88 valence electrons. The van der Waals surface area contributed by atoms with Gasteiger partial charge in [-0.15, -0.1) is 12.4 Å². The van der Waals surface area contributed by atoms with Gasteiger partial charge < -0.3 is 0 Å². The van der Waals surface area contributed by atoms with E-state index in [1.54, 1.807) is 0 Å². The summed E-state index contributed by atoms with van der Waals surface area (Å²) in [6.07, 6.45) is 2.27. The molecule has 0 radical (unpaired) electrons. The van der Waals surface area contributed by atoms with Crippen molar-refractivity contribution in [1.82, 2.24) is 0 Å². The third-order valence-corrected chi connectivity index (χ3v) is 2.47. The third kappa shape index (κ3) is 2.54. The molecule has 16 heavy (non-hydrogen) atoms. The average Bonchev–Trinajstić information content (AvgIpc) is 2.28. The Kier molecular flexibility index (Phi) is 4.77. The monoisotopic (exact) mass is 241 g/mol. The molecule has 3 nitrogen and oxygen atoms in total. The second-order valence-corrected chi connectivity index (χ2v) is 3.65. The molecule has 0 atom stereocenters. The number of para-hydroxylation sites is 1. The number of halogens is 1. The number of nitrogens with zero attached hydrogens (tertiary/aromatic N) is 1. The zero-order valence-corrected chi connectivity index (χ0v) is 10.1. The Labute approximate surface area is 102 Å². The summed E-state index contributed by atoms with van der Waals surface area (Å²) in [6.45, 7) is 2.61. The van der Waals surface area contributed by atoms with E-state index in [-0.39, 0.29) is 18.3 Å². The van der Waals surface area contributed by atoms with E-state index in [0.29, 0.717) is 13.0 Å². The van der Waals surface area contributed by atoms with E-state index < -0.39 is 0 Å². The van der Waals surface area contributed by atoms with Crippen LogP contribution in [0.4, 0.5) is 5.69 Å². The Hall–Kier alpha value is -1.06. The van der Waals surface area contributed by atoms with Crippen LogP contribution in [0.3, 0.4) is 0 Å². The summed E-state index contributed by atoms with van der Waals surface area (Å²) in [5.41, 5.74) is 2.09. The first-order valence-electron chi connectivity index (χ1n) is 5.36. The standard InChI is InChI=1S/C12H15NO2.ClH/c1-2-9-15-13-11-6-4-3-5-10(11)7-8-12(13)14;/h3-6H,2,7-9H2,1H3;1H. The van der Waals surface area contributed by atoms with E-state index in [2.05, 4.69) is 0 Å². The number of carbonyl (C=O) groups is 1. The number of rotatable bonds is 3. The van der Waals surface area contributed by atoms with Crippen LogP contribution >= 0.6 is 12.4 Å². The molecule has 4 heteroatoms. The Balaban J connectivity index is 0.00000128. The molecule has 0 saturated heterocycles. The number of aryl methyl sites for hydroxylation is 1. The average molecular weight is 242 g/mol. The molecule has 0 aromatic heterocycles. The molecule has 0 fully saturated rings. The number of anilines is 1. The molecule has 1 aliphatic heterocycles. The number of benzene rings is 1. The Morgan fingerprint density at radius 2 is 2.06 bits per heavy atom. The largest absolute Gasteiger partial charge is 0.272 e. The first-order chi connectivity index (χ1) is 7.33. The summed E-state index contributed by atoms with van der Waals surface area (Å²) in [4.78, 5) is 17.1. The summed E-state index contributed by atoms with van der Waals surface area (Å²) in [5.74, 6) is 0.0575. The number of hydroxylamine groups is 1. The quantitative estimate of drug-likeness (QED) is 0.815. The first-order valence-corrected chi connectivity index (χ1v) is 5.36. The molecule has 2 rings (SSSR count). The molecule has 0 bridgehead atoms. The molecule has 0 unspecified atom stereocenters. The fourth-order valence-corrected chi connectivity index (χ4v) is 1.72. The van der Waals surface area contributed by atoms with Gasteiger partial charge in [-0.1, -0.05) is 25.1 Å². The van der Waals surface area contributed by atoms with Crippen molar-refractivity contribution in [2.75, 3.05) is 11.7 Å². The van der Waals surface area contributed by atoms with Gasteiger partial charge >= 0.3 is 0 Å². The highest BCUT2D eigenvalue weighted by molar-refractivity contribution is 5.94. The van der Waals surface area contributed by atoms with Gasteiger partial charge in [0, 0.05) is 6.42 Å². The maximum absolute atomic E-state index is 11.7. The summed E-state index contributed by atoms with van der Waals surface area (Å²) < 4.78 is 0. The SMILES string of the molecule is CCCON1C(=O)CCc2ccccc21.Cl. The second-order valence-electron chi connectivity index (χ2n) is 3.65.